The van der Waals surface area contributed by atoms with E-state index in [1.807, 2.05) is 18.7 Å². The Hall–Kier alpha value is -1.19. The molecule has 3 fully saturated rings. The van der Waals surface area contributed by atoms with Crippen molar-refractivity contribution in [3.8, 4) is 0 Å². The molecule has 2 amide bonds. The van der Waals surface area contributed by atoms with Crippen molar-refractivity contribution in [2.75, 3.05) is 50.8 Å². The van der Waals surface area contributed by atoms with Gasteiger partial charge in [0.05, 0.1) is 24.6 Å². The molecule has 0 aromatic rings. The molecular formula is C20H36N4O4S. The van der Waals surface area contributed by atoms with E-state index >= 15 is 0 Å². The fourth-order valence-electron chi connectivity index (χ4n) is 4.83. The third-order valence-corrected chi connectivity index (χ3v) is 8.00. The monoisotopic (exact) mass is 428 g/mol. The standard InChI is InChI=1S/C20H36N4O4S/c1-16(2)21-19(25)13-22-8-10-23(11-9-22)14-20(26)24(17-5-3-4-6-17)18-7-12-29(27,28)15-18/h16-18H,3-15H2,1-2H3,(H,21,25)/t18-/m1/s1. The van der Waals surface area contributed by atoms with Crippen LogP contribution in [0, 0.1) is 0 Å². The van der Waals surface area contributed by atoms with E-state index in [9.17, 15) is 18.0 Å². The zero-order valence-corrected chi connectivity index (χ0v) is 18.6. The molecule has 3 rings (SSSR count). The van der Waals surface area contributed by atoms with Crippen LogP contribution >= 0.6 is 0 Å². The lowest BCUT2D eigenvalue weighted by atomic mass is 10.1. The predicted octanol–water partition coefficient (Wildman–Crippen LogP) is 0.0869. The van der Waals surface area contributed by atoms with E-state index in [2.05, 4.69) is 15.1 Å². The van der Waals surface area contributed by atoms with E-state index in [4.69, 9.17) is 0 Å². The minimum absolute atomic E-state index is 0.0411. The lowest BCUT2D eigenvalue weighted by Gasteiger charge is -2.38. The van der Waals surface area contributed by atoms with Gasteiger partial charge in [-0.3, -0.25) is 19.4 Å². The molecule has 3 aliphatic rings. The molecule has 1 aliphatic carbocycles. The number of piperazine rings is 1. The number of nitrogens with zero attached hydrogens (tertiary/aromatic N) is 3. The van der Waals surface area contributed by atoms with E-state index < -0.39 is 9.84 Å². The van der Waals surface area contributed by atoms with Gasteiger partial charge in [0.1, 0.15) is 0 Å². The molecule has 2 saturated heterocycles. The Bertz CT molecular complexity index is 683. The maximum Gasteiger partial charge on any atom is 0.237 e. The van der Waals surface area contributed by atoms with Crippen molar-refractivity contribution in [3.63, 3.8) is 0 Å². The van der Waals surface area contributed by atoms with Gasteiger partial charge in [-0.15, -0.1) is 0 Å². The normalized spacial score (nSPS) is 26.1. The minimum atomic E-state index is -3.02. The van der Waals surface area contributed by atoms with Crippen LogP contribution in [0.3, 0.4) is 0 Å². The fourth-order valence-corrected chi connectivity index (χ4v) is 6.54. The zero-order valence-electron chi connectivity index (χ0n) is 17.8. The number of hydrogen-bond donors (Lipinski definition) is 1. The summed E-state index contributed by atoms with van der Waals surface area (Å²) < 4.78 is 24.0. The van der Waals surface area contributed by atoms with Crippen LogP contribution in [0.1, 0.15) is 46.0 Å². The Morgan fingerprint density at radius 1 is 0.966 bits per heavy atom. The van der Waals surface area contributed by atoms with Crippen molar-refractivity contribution < 1.29 is 18.0 Å². The highest BCUT2D eigenvalue weighted by atomic mass is 32.2. The van der Waals surface area contributed by atoms with Crippen LogP contribution in [0.25, 0.3) is 0 Å². The quantitative estimate of drug-likeness (QED) is 0.618. The minimum Gasteiger partial charge on any atom is -0.353 e. The van der Waals surface area contributed by atoms with Gasteiger partial charge in [-0.2, -0.15) is 0 Å². The third-order valence-electron chi connectivity index (χ3n) is 6.25. The summed E-state index contributed by atoms with van der Waals surface area (Å²) in [6, 6.07) is 0.181. The Kier molecular flexibility index (Phi) is 7.56. The van der Waals surface area contributed by atoms with E-state index in [-0.39, 0.29) is 41.4 Å². The number of amides is 2. The van der Waals surface area contributed by atoms with Gasteiger partial charge in [-0.25, -0.2) is 8.42 Å². The van der Waals surface area contributed by atoms with E-state index in [0.717, 1.165) is 51.9 Å². The van der Waals surface area contributed by atoms with Crippen LogP contribution in [0.5, 0.6) is 0 Å². The first kappa shape index (κ1) is 22.5. The smallest absolute Gasteiger partial charge is 0.237 e. The third kappa shape index (κ3) is 6.39. The van der Waals surface area contributed by atoms with E-state index in [1.165, 1.54) is 0 Å². The fraction of sp³-hybridized carbons (Fsp3) is 0.900. The molecule has 0 bridgehead atoms. The van der Waals surface area contributed by atoms with Crippen LogP contribution in [-0.4, -0.2) is 104 Å². The first-order valence-electron chi connectivity index (χ1n) is 11.0. The molecule has 0 aromatic carbocycles. The van der Waals surface area contributed by atoms with Crippen molar-refractivity contribution in [2.45, 2.75) is 64.1 Å². The summed E-state index contributed by atoms with van der Waals surface area (Å²) in [5.41, 5.74) is 0. The zero-order chi connectivity index (χ0) is 21.0. The second-order valence-corrected chi connectivity index (χ2v) is 11.3. The van der Waals surface area contributed by atoms with Crippen LogP contribution in [0.2, 0.25) is 0 Å². The van der Waals surface area contributed by atoms with E-state index in [1.54, 1.807) is 0 Å². The molecule has 0 spiro atoms. The van der Waals surface area contributed by atoms with Crippen LogP contribution in [0.4, 0.5) is 0 Å². The highest BCUT2D eigenvalue weighted by Gasteiger charge is 2.39. The molecule has 9 heteroatoms. The molecule has 29 heavy (non-hydrogen) atoms. The Morgan fingerprint density at radius 2 is 1.55 bits per heavy atom. The molecule has 1 N–H and O–H groups in total. The first-order valence-corrected chi connectivity index (χ1v) is 12.8. The molecule has 2 heterocycles. The van der Waals surface area contributed by atoms with Crippen LogP contribution < -0.4 is 5.32 Å². The largest absolute Gasteiger partial charge is 0.353 e. The number of hydrogen-bond acceptors (Lipinski definition) is 6. The highest BCUT2D eigenvalue weighted by Crippen LogP contribution is 2.29. The van der Waals surface area contributed by atoms with Gasteiger partial charge in [0.2, 0.25) is 11.8 Å². The highest BCUT2D eigenvalue weighted by molar-refractivity contribution is 7.91. The maximum absolute atomic E-state index is 13.2. The number of rotatable bonds is 7. The second-order valence-electron chi connectivity index (χ2n) is 9.07. The lowest BCUT2D eigenvalue weighted by molar-refractivity contribution is -0.137. The van der Waals surface area contributed by atoms with Crippen molar-refractivity contribution in [1.82, 2.24) is 20.0 Å². The molecule has 2 aliphatic heterocycles. The Morgan fingerprint density at radius 3 is 2.07 bits per heavy atom. The van der Waals surface area contributed by atoms with Gasteiger partial charge in [-0.1, -0.05) is 12.8 Å². The molecule has 0 aromatic heterocycles. The maximum atomic E-state index is 13.2. The summed E-state index contributed by atoms with van der Waals surface area (Å²) >= 11 is 0. The predicted molar refractivity (Wildman–Crippen MR) is 112 cm³/mol. The van der Waals surface area contributed by atoms with Gasteiger partial charge in [-0.05, 0) is 33.1 Å². The average molecular weight is 429 g/mol. The molecular weight excluding hydrogens is 392 g/mol. The van der Waals surface area contributed by atoms with Crippen molar-refractivity contribution in [1.29, 1.82) is 0 Å². The number of carbonyl (C=O) groups excluding carboxylic acids is 2. The molecule has 8 nitrogen and oxygen atoms in total. The summed E-state index contributed by atoms with van der Waals surface area (Å²) in [7, 11) is -3.02. The van der Waals surface area contributed by atoms with Crippen molar-refractivity contribution in [3.05, 3.63) is 0 Å². The summed E-state index contributed by atoms with van der Waals surface area (Å²) in [6.07, 6.45) is 4.78. The molecule has 0 unspecified atom stereocenters. The van der Waals surface area contributed by atoms with Crippen molar-refractivity contribution >= 4 is 21.7 Å². The van der Waals surface area contributed by atoms with Gasteiger partial charge in [0, 0.05) is 44.3 Å². The molecule has 0 radical (unpaired) electrons. The van der Waals surface area contributed by atoms with Gasteiger partial charge in [0.25, 0.3) is 0 Å². The SMILES string of the molecule is CC(C)NC(=O)CN1CCN(CC(=O)N(C2CCCC2)[C@@H]2CCS(=O)(=O)C2)CC1. The number of sulfone groups is 1. The Labute approximate surface area is 174 Å². The van der Waals surface area contributed by atoms with Gasteiger partial charge >= 0.3 is 0 Å². The molecule has 1 saturated carbocycles. The van der Waals surface area contributed by atoms with E-state index in [0.29, 0.717) is 19.5 Å². The Balaban J connectivity index is 1.52. The number of carbonyl (C=O) groups is 2. The topological polar surface area (TPSA) is 90.0 Å². The van der Waals surface area contributed by atoms with Gasteiger partial charge < -0.3 is 10.2 Å². The van der Waals surface area contributed by atoms with Crippen LogP contribution in [-0.2, 0) is 19.4 Å². The van der Waals surface area contributed by atoms with Gasteiger partial charge in [0.15, 0.2) is 9.84 Å². The second kappa shape index (κ2) is 9.75. The van der Waals surface area contributed by atoms with Crippen molar-refractivity contribution in [2.24, 2.45) is 0 Å². The summed E-state index contributed by atoms with van der Waals surface area (Å²) in [5.74, 6) is 0.434. The molecule has 166 valence electrons. The average Bonchev–Trinajstić information content (AvgIpc) is 3.26. The molecule has 1 atom stereocenters. The summed E-state index contributed by atoms with van der Waals surface area (Å²) in [6.45, 7) is 7.68. The first-order chi connectivity index (χ1) is 13.7. The van der Waals surface area contributed by atoms with Crippen LogP contribution in [0.15, 0.2) is 0 Å². The number of nitrogens with one attached hydrogen (secondary N) is 1. The lowest BCUT2D eigenvalue weighted by Crippen LogP contribution is -2.54. The summed E-state index contributed by atoms with van der Waals surface area (Å²) in [4.78, 5) is 31.3. The summed E-state index contributed by atoms with van der Waals surface area (Å²) in [5, 5.41) is 2.91.